The molecule has 0 aliphatic heterocycles. The lowest BCUT2D eigenvalue weighted by atomic mass is 10.1. The van der Waals surface area contributed by atoms with Gasteiger partial charge in [0.05, 0.1) is 19.2 Å². The van der Waals surface area contributed by atoms with Gasteiger partial charge in [0.25, 0.3) is 0 Å². The Kier molecular flexibility index (Phi) is 4.01. The summed E-state index contributed by atoms with van der Waals surface area (Å²) in [7, 11) is 2.80. The molecule has 0 amide bonds. The number of hydrogen-bond acceptors (Lipinski definition) is 3. The molecule has 88 valence electrons. The van der Waals surface area contributed by atoms with Gasteiger partial charge in [0, 0.05) is 0 Å². The number of ether oxygens (including phenoxy) is 2. The molecule has 1 aromatic carbocycles. The molecule has 0 bridgehead atoms. The van der Waals surface area contributed by atoms with Crippen molar-refractivity contribution in [2.75, 3.05) is 14.2 Å². The van der Waals surface area contributed by atoms with E-state index in [9.17, 15) is 4.79 Å². The fourth-order valence-electron chi connectivity index (χ4n) is 1.56. The van der Waals surface area contributed by atoms with E-state index in [1.54, 1.807) is 6.07 Å². The van der Waals surface area contributed by atoms with Crippen LogP contribution in [0.4, 0.5) is 0 Å². The van der Waals surface area contributed by atoms with Crippen molar-refractivity contribution in [3.8, 4) is 11.5 Å². The van der Waals surface area contributed by atoms with E-state index in [1.165, 1.54) is 14.2 Å². The van der Waals surface area contributed by atoms with Crippen molar-refractivity contribution < 1.29 is 19.4 Å². The van der Waals surface area contributed by atoms with Gasteiger partial charge in [-0.25, -0.2) is 4.79 Å². The lowest BCUT2D eigenvalue weighted by Crippen LogP contribution is -2.06. The summed E-state index contributed by atoms with van der Waals surface area (Å²) in [6.07, 6.45) is 0.632. The summed E-state index contributed by atoms with van der Waals surface area (Å²) >= 11 is 5.94. The minimum atomic E-state index is -1.12. The molecule has 0 atom stereocenters. The zero-order valence-corrected chi connectivity index (χ0v) is 10.1. The third kappa shape index (κ3) is 2.07. The van der Waals surface area contributed by atoms with Gasteiger partial charge in [0.1, 0.15) is 11.3 Å². The number of methoxy groups -OCH3 is 2. The molecular weight excluding hydrogens is 232 g/mol. The molecule has 0 fully saturated rings. The van der Waals surface area contributed by atoms with Crippen LogP contribution in [0.3, 0.4) is 0 Å². The Balaban J connectivity index is 3.60. The molecule has 4 nitrogen and oxygen atoms in total. The summed E-state index contributed by atoms with van der Waals surface area (Å²) in [5, 5.41) is 9.41. The normalized spacial score (nSPS) is 10.0. The van der Waals surface area contributed by atoms with Crippen LogP contribution in [0.1, 0.15) is 22.8 Å². The predicted molar refractivity (Wildman–Crippen MR) is 60.9 cm³/mol. The van der Waals surface area contributed by atoms with E-state index >= 15 is 0 Å². The molecule has 0 saturated carbocycles. The van der Waals surface area contributed by atoms with Crippen molar-refractivity contribution in [1.82, 2.24) is 0 Å². The minimum Gasteiger partial charge on any atom is -0.495 e. The lowest BCUT2D eigenvalue weighted by molar-refractivity contribution is 0.0689. The van der Waals surface area contributed by atoms with E-state index in [0.717, 1.165) is 5.56 Å². The quantitative estimate of drug-likeness (QED) is 0.885. The average molecular weight is 245 g/mol. The maximum Gasteiger partial charge on any atom is 0.343 e. The standard InChI is InChI=1S/C11H13ClO4/c1-4-6-5-7(12)10(16-3)8(11(13)14)9(6)15-2/h5H,4H2,1-3H3,(H,13,14). The Morgan fingerprint density at radius 3 is 2.31 bits per heavy atom. The molecule has 0 aliphatic carbocycles. The van der Waals surface area contributed by atoms with E-state index in [2.05, 4.69) is 0 Å². The molecule has 0 radical (unpaired) electrons. The van der Waals surface area contributed by atoms with Crippen LogP contribution in [0.2, 0.25) is 5.02 Å². The molecule has 0 unspecified atom stereocenters. The number of halogens is 1. The van der Waals surface area contributed by atoms with Crippen LogP contribution >= 0.6 is 11.6 Å². The van der Waals surface area contributed by atoms with Crippen molar-refractivity contribution in [3.05, 3.63) is 22.2 Å². The number of carbonyl (C=O) groups is 1. The molecule has 0 spiro atoms. The van der Waals surface area contributed by atoms with Gasteiger partial charge in [-0.05, 0) is 18.1 Å². The Bertz CT molecular complexity index is 415. The van der Waals surface area contributed by atoms with Crippen molar-refractivity contribution >= 4 is 17.6 Å². The predicted octanol–water partition coefficient (Wildman–Crippen LogP) is 2.62. The van der Waals surface area contributed by atoms with Crippen molar-refractivity contribution in [2.45, 2.75) is 13.3 Å². The first-order valence-corrected chi connectivity index (χ1v) is 5.11. The van der Waals surface area contributed by atoms with Gasteiger partial charge in [-0.3, -0.25) is 0 Å². The molecule has 0 heterocycles. The van der Waals surface area contributed by atoms with Crippen LogP contribution < -0.4 is 9.47 Å². The van der Waals surface area contributed by atoms with Gasteiger partial charge in [0.15, 0.2) is 5.75 Å². The number of carboxylic acids is 1. The molecule has 0 aromatic heterocycles. The topological polar surface area (TPSA) is 55.8 Å². The van der Waals surface area contributed by atoms with E-state index in [-0.39, 0.29) is 16.3 Å². The van der Waals surface area contributed by atoms with E-state index in [1.807, 2.05) is 6.92 Å². The highest BCUT2D eigenvalue weighted by Crippen LogP contribution is 2.38. The third-order valence-electron chi connectivity index (χ3n) is 2.27. The van der Waals surface area contributed by atoms with E-state index in [0.29, 0.717) is 12.2 Å². The molecule has 0 aliphatic rings. The van der Waals surface area contributed by atoms with Crippen LogP contribution in [-0.2, 0) is 6.42 Å². The molecule has 16 heavy (non-hydrogen) atoms. The van der Waals surface area contributed by atoms with Crippen LogP contribution in [0.15, 0.2) is 6.07 Å². The van der Waals surface area contributed by atoms with Gasteiger partial charge in [0.2, 0.25) is 0 Å². The third-order valence-corrected chi connectivity index (χ3v) is 2.55. The van der Waals surface area contributed by atoms with Crippen LogP contribution in [0.25, 0.3) is 0 Å². The number of rotatable bonds is 4. The van der Waals surface area contributed by atoms with Gasteiger partial charge < -0.3 is 14.6 Å². The van der Waals surface area contributed by atoms with Gasteiger partial charge >= 0.3 is 5.97 Å². The van der Waals surface area contributed by atoms with Crippen LogP contribution in [-0.4, -0.2) is 25.3 Å². The smallest absolute Gasteiger partial charge is 0.343 e. The highest BCUT2D eigenvalue weighted by Gasteiger charge is 2.23. The van der Waals surface area contributed by atoms with Crippen LogP contribution in [0, 0.1) is 0 Å². The number of benzene rings is 1. The second kappa shape index (κ2) is 5.07. The zero-order valence-electron chi connectivity index (χ0n) is 9.33. The van der Waals surface area contributed by atoms with E-state index in [4.69, 9.17) is 26.2 Å². The number of hydrogen-bond donors (Lipinski definition) is 1. The molecule has 5 heteroatoms. The highest BCUT2D eigenvalue weighted by atomic mass is 35.5. The first-order chi connectivity index (χ1) is 7.56. The van der Waals surface area contributed by atoms with Crippen molar-refractivity contribution in [2.24, 2.45) is 0 Å². The SMILES string of the molecule is CCc1cc(Cl)c(OC)c(C(=O)O)c1OC. The van der Waals surface area contributed by atoms with Crippen molar-refractivity contribution in [3.63, 3.8) is 0 Å². The second-order valence-corrected chi connectivity index (χ2v) is 3.52. The minimum absolute atomic E-state index is 0.0330. The lowest BCUT2D eigenvalue weighted by Gasteiger charge is -2.15. The summed E-state index contributed by atoms with van der Waals surface area (Å²) in [6, 6.07) is 1.66. The second-order valence-electron chi connectivity index (χ2n) is 3.12. The van der Waals surface area contributed by atoms with Gasteiger partial charge in [-0.15, -0.1) is 0 Å². The summed E-state index contributed by atoms with van der Waals surface area (Å²) in [4.78, 5) is 11.2. The Labute approximate surface area is 98.7 Å². The molecular formula is C11H13ClO4. The van der Waals surface area contributed by atoms with Gasteiger partial charge in [-0.2, -0.15) is 0 Å². The van der Waals surface area contributed by atoms with Crippen molar-refractivity contribution in [1.29, 1.82) is 0 Å². The number of aryl methyl sites for hydroxylation is 1. The number of carboxylic acid groups (broad SMARTS) is 1. The molecule has 1 aromatic rings. The Morgan fingerprint density at radius 1 is 1.38 bits per heavy atom. The fourth-order valence-corrected chi connectivity index (χ4v) is 1.86. The molecule has 1 N–H and O–H groups in total. The van der Waals surface area contributed by atoms with E-state index < -0.39 is 5.97 Å². The van der Waals surface area contributed by atoms with Gasteiger partial charge in [-0.1, -0.05) is 18.5 Å². The fraction of sp³-hybridized carbons (Fsp3) is 0.364. The molecule has 1 rings (SSSR count). The molecule has 0 saturated heterocycles. The van der Waals surface area contributed by atoms with Crippen LogP contribution in [0.5, 0.6) is 11.5 Å². The monoisotopic (exact) mass is 244 g/mol. The zero-order chi connectivity index (χ0) is 12.3. The largest absolute Gasteiger partial charge is 0.495 e. The summed E-state index contributed by atoms with van der Waals surface area (Å²) in [5.74, 6) is -0.689. The number of aromatic carboxylic acids is 1. The maximum absolute atomic E-state index is 11.2. The Morgan fingerprint density at radius 2 is 1.94 bits per heavy atom. The summed E-state index contributed by atoms with van der Waals surface area (Å²) in [5.41, 5.74) is 0.708. The highest BCUT2D eigenvalue weighted by molar-refractivity contribution is 6.32. The summed E-state index contributed by atoms with van der Waals surface area (Å²) in [6.45, 7) is 1.90. The first-order valence-electron chi connectivity index (χ1n) is 4.73. The maximum atomic E-state index is 11.2. The first kappa shape index (κ1) is 12.6. The average Bonchev–Trinajstić information content (AvgIpc) is 2.27. The Hall–Kier alpha value is -1.42. The summed E-state index contributed by atoms with van der Waals surface area (Å²) < 4.78 is 10.1.